The van der Waals surface area contributed by atoms with Gasteiger partial charge in [-0.15, -0.1) is 24.2 Å². The van der Waals surface area contributed by atoms with Crippen LogP contribution in [0.25, 0.3) is 0 Å². The van der Waals surface area contributed by atoms with Crippen molar-refractivity contribution < 1.29 is 27.8 Å². The summed E-state index contributed by atoms with van der Waals surface area (Å²) in [5, 5.41) is 17.5. The summed E-state index contributed by atoms with van der Waals surface area (Å²) in [5.74, 6) is -0.143. The molecule has 6 N–H and O–H groups in total. The van der Waals surface area contributed by atoms with Crippen molar-refractivity contribution in [3.8, 4) is 5.75 Å². The van der Waals surface area contributed by atoms with E-state index in [-0.39, 0.29) is 23.4 Å². The number of amides is 2. The van der Waals surface area contributed by atoms with E-state index in [9.17, 15) is 23.1 Å². The summed E-state index contributed by atoms with van der Waals surface area (Å²) in [5.41, 5.74) is 6.27. The fourth-order valence-corrected chi connectivity index (χ4v) is 3.42. The number of aliphatic hydroxyl groups is 1. The summed E-state index contributed by atoms with van der Waals surface area (Å²) >= 11 is 4.26. The average molecular weight is 496 g/mol. The second-order valence-corrected chi connectivity index (χ2v) is 8.75. The number of thiophene rings is 1. The van der Waals surface area contributed by atoms with Gasteiger partial charge in [-0.1, -0.05) is 27.7 Å². The first-order chi connectivity index (χ1) is 14.7. The van der Waals surface area contributed by atoms with Crippen LogP contribution < -0.4 is 20.9 Å². The molecule has 32 heavy (non-hydrogen) atoms. The number of rotatable bonds is 6. The maximum absolute atomic E-state index is 12.4. The number of hydrogen-bond donors (Lipinski definition) is 5. The normalized spacial score (nSPS) is 11.0. The lowest BCUT2D eigenvalue weighted by molar-refractivity contribution is -0.0499. The minimum absolute atomic E-state index is 0.0237. The number of halogens is 3. The molecule has 0 saturated carbocycles. The van der Waals surface area contributed by atoms with Crippen molar-refractivity contribution in [3.05, 3.63) is 45.4 Å². The van der Waals surface area contributed by atoms with Crippen molar-refractivity contribution in [1.82, 2.24) is 0 Å². The van der Waals surface area contributed by atoms with Gasteiger partial charge in [-0.05, 0) is 55.0 Å². The molecule has 2 aromatic rings. The molecule has 1 aromatic heterocycles. The quantitative estimate of drug-likeness (QED) is 0.320. The Kier molecular flexibility index (Phi) is 12.7. The molecule has 1 heterocycles. The summed E-state index contributed by atoms with van der Waals surface area (Å²) in [6.07, 6.45) is 0. The van der Waals surface area contributed by atoms with Crippen LogP contribution in [0.5, 0.6) is 5.75 Å². The molecule has 2 amide bonds. The molecule has 0 spiro atoms. The third-order valence-corrected chi connectivity index (χ3v) is 5.28. The minimum Gasteiger partial charge on any atom is -0.435 e. The fraction of sp³-hybridized carbons (Fsp3) is 0.476. The van der Waals surface area contributed by atoms with Crippen LogP contribution in [0.2, 0.25) is 0 Å². The molecule has 0 saturated heterocycles. The molecule has 0 aliphatic carbocycles. The van der Waals surface area contributed by atoms with E-state index in [0.717, 1.165) is 0 Å². The number of benzene rings is 1. The molecule has 0 aliphatic rings. The summed E-state index contributed by atoms with van der Waals surface area (Å²) in [6, 6.07) is 3.68. The van der Waals surface area contributed by atoms with Gasteiger partial charge in [-0.25, -0.2) is 9.18 Å². The number of alkyl halides is 2. The van der Waals surface area contributed by atoms with Gasteiger partial charge in [0.25, 0.3) is 0 Å². The lowest BCUT2D eigenvalue weighted by Gasteiger charge is -2.21. The van der Waals surface area contributed by atoms with Crippen molar-refractivity contribution in [3.63, 3.8) is 0 Å². The Morgan fingerprint density at radius 2 is 1.59 bits per heavy atom. The van der Waals surface area contributed by atoms with E-state index in [1.807, 2.05) is 27.7 Å². The number of hydrogen-bond acceptors (Lipinski definition) is 6. The van der Waals surface area contributed by atoms with Crippen LogP contribution >= 0.6 is 24.2 Å². The average Bonchev–Trinajstić information content (AvgIpc) is 3.10. The molecule has 0 radical (unpaired) electrons. The molecule has 182 valence electrons. The minimum atomic E-state index is -2.88. The molecule has 0 bridgehead atoms. The maximum Gasteiger partial charge on any atom is 0.387 e. The van der Waals surface area contributed by atoms with E-state index in [1.54, 1.807) is 13.8 Å². The SMILES string of the molecule is CC(C)(O)c1cc(F)cs1.CC(C)c1cc(OC(F)F)cc(C(C)C)c1NC(N)=O.NS. The Bertz CT molecular complexity index is 825. The number of primary amides is 1. The highest BCUT2D eigenvalue weighted by Crippen LogP contribution is 2.36. The lowest BCUT2D eigenvalue weighted by atomic mass is 9.92. The van der Waals surface area contributed by atoms with Gasteiger partial charge >= 0.3 is 12.6 Å². The van der Waals surface area contributed by atoms with E-state index in [1.165, 1.54) is 34.9 Å². The van der Waals surface area contributed by atoms with Gasteiger partial charge < -0.3 is 20.9 Å². The number of nitrogens with one attached hydrogen (secondary N) is 1. The second kappa shape index (κ2) is 13.6. The zero-order chi connectivity index (χ0) is 25.2. The van der Waals surface area contributed by atoms with Gasteiger partial charge in [-0.3, -0.25) is 5.14 Å². The number of ether oxygens (including phenoxy) is 1. The summed E-state index contributed by atoms with van der Waals surface area (Å²) in [4.78, 5) is 11.8. The van der Waals surface area contributed by atoms with Crippen molar-refractivity contribution in [2.45, 2.75) is 65.6 Å². The molecule has 11 heteroatoms. The first-order valence-corrected chi connectivity index (χ1v) is 11.0. The fourth-order valence-electron chi connectivity index (χ4n) is 2.64. The molecule has 0 fully saturated rings. The van der Waals surface area contributed by atoms with Crippen LogP contribution in [0.4, 0.5) is 23.7 Å². The van der Waals surface area contributed by atoms with Crippen molar-refractivity contribution in [2.75, 3.05) is 5.32 Å². The van der Waals surface area contributed by atoms with Crippen LogP contribution in [-0.2, 0) is 5.60 Å². The topological polar surface area (TPSA) is 111 Å². The summed E-state index contributed by atoms with van der Waals surface area (Å²) in [7, 11) is 0. The van der Waals surface area contributed by atoms with Crippen LogP contribution in [0.15, 0.2) is 23.6 Å². The van der Waals surface area contributed by atoms with E-state index >= 15 is 0 Å². The highest BCUT2D eigenvalue weighted by atomic mass is 32.1. The van der Waals surface area contributed by atoms with Gasteiger partial charge in [0.2, 0.25) is 0 Å². The molecule has 0 atom stereocenters. The van der Waals surface area contributed by atoms with Gasteiger partial charge in [0, 0.05) is 15.9 Å². The van der Waals surface area contributed by atoms with Gasteiger partial charge in [0.1, 0.15) is 11.6 Å². The first-order valence-electron chi connectivity index (χ1n) is 9.64. The molecule has 6 nitrogen and oxygen atoms in total. The van der Waals surface area contributed by atoms with E-state index < -0.39 is 18.2 Å². The number of urea groups is 1. The van der Waals surface area contributed by atoms with Crippen molar-refractivity contribution in [2.24, 2.45) is 10.9 Å². The standard InChI is InChI=1S/C14H20F2N2O2.C7H9FOS.H3NS/c1-7(2)10-5-9(20-13(15)16)6-11(8(3)4)12(10)18-14(17)19;1-7(2,9)6-3-5(8)4-10-6;1-2/h5-8,13H,1-4H3,(H3,17,18,19);3-4,9H,1-2H3;2H,1H2. The van der Waals surface area contributed by atoms with E-state index in [4.69, 9.17) is 5.73 Å². The van der Waals surface area contributed by atoms with Crippen molar-refractivity contribution >= 4 is 35.9 Å². The summed E-state index contributed by atoms with van der Waals surface area (Å²) < 4.78 is 41.6. The molecular weight excluding hydrogens is 463 g/mol. The molecule has 1 aromatic carbocycles. The van der Waals surface area contributed by atoms with Crippen LogP contribution in [0, 0.1) is 5.82 Å². The highest BCUT2D eigenvalue weighted by molar-refractivity contribution is 7.77. The molecule has 2 rings (SSSR count). The number of thiol groups is 1. The third kappa shape index (κ3) is 10.1. The van der Waals surface area contributed by atoms with Gasteiger partial charge in [-0.2, -0.15) is 8.78 Å². The van der Waals surface area contributed by atoms with Gasteiger partial charge in [0.05, 0.1) is 5.60 Å². The predicted molar refractivity (Wildman–Crippen MR) is 127 cm³/mol. The zero-order valence-electron chi connectivity index (χ0n) is 18.9. The molecular formula is C21H32F3N3O3S2. The zero-order valence-corrected chi connectivity index (χ0v) is 20.7. The lowest BCUT2D eigenvalue weighted by Crippen LogP contribution is -2.22. The predicted octanol–water partition coefficient (Wildman–Crippen LogP) is 5.93. The smallest absolute Gasteiger partial charge is 0.387 e. The number of carbonyl (C=O) groups is 1. The first kappa shape index (κ1) is 30.0. The summed E-state index contributed by atoms with van der Waals surface area (Å²) in [6.45, 7) is 7.99. The number of carbonyl (C=O) groups excluding carboxylic acids is 1. The molecule has 0 aliphatic heterocycles. The van der Waals surface area contributed by atoms with E-state index in [0.29, 0.717) is 21.7 Å². The molecule has 0 unspecified atom stereocenters. The Morgan fingerprint density at radius 1 is 1.12 bits per heavy atom. The Balaban J connectivity index is 0.000000668. The van der Waals surface area contributed by atoms with Crippen LogP contribution in [-0.4, -0.2) is 17.7 Å². The third-order valence-electron chi connectivity index (χ3n) is 4.06. The number of nitrogens with two attached hydrogens (primary N) is 2. The highest BCUT2D eigenvalue weighted by Gasteiger charge is 2.19. The van der Waals surface area contributed by atoms with Crippen LogP contribution in [0.3, 0.4) is 0 Å². The second-order valence-electron chi connectivity index (χ2n) is 7.84. The largest absolute Gasteiger partial charge is 0.435 e. The Hall–Kier alpha value is -1.95. The van der Waals surface area contributed by atoms with Gasteiger partial charge in [0.15, 0.2) is 0 Å². The Labute approximate surface area is 196 Å². The van der Waals surface area contributed by atoms with Crippen LogP contribution in [0.1, 0.15) is 69.4 Å². The maximum atomic E-state index is 12.4. The number of anilines is 1. The van der Waals surface area contributed by atoms with Crippen molar-refractivity contribution in [1.29, 1.82) is 0 Å². The van der Waals surface area contributed by atoms with E-state index in [2.05, 4.69) is 28.0 Å². The Morgan fingerprint density at radius 3 is 1.84 bits per heavy atom. The monoisotopic (exact) mass is 495 g/mol.